The van der Waals surface area contributed by atoms with E-state index in [4.69, 9.17) is 0 Å². The summed E-state index contributed by atoms with van der Waals surface area (Å²) < 4.78 is 0. The standard InChI is InChI=1S/C19H28N4O2/c1-15(24)20-18-8-11-23(14-18)19(25)21-17-7-5-6-16(12-17)13-22-9-3-2-4-10-22/h5-7,12,18H,2-4,8-11,13-14H2,1H3,(H,20,24)(H,21,25). The van der Waals surface area contributed by atoms with Crippen LogP contribution < -0.4 is 10.6 Å². The van der Waals surface area contributed by atoms with Crippen molar-refractivity contribution in [2.45, 2.75) is 45.2 Å². The fourth-order valence-corrected chi connectivity index (χ4v) is 3.68. The molecule has 1 unspecified atom stereocenters. The molecule has 2 N–H and O–H groups in total. The van der Waals surface area contributed by atoms with Crippen LogP contribution in [0, 0.1) is 0 Å². The molecule has 2 heterocycles. The molecule has 25 heavy (non-hydrogen) atoms. The van der Waals surface area contributed by atoms with Crippen molar-refractivity contribution in [2.75, 3.05) is 31.5 Å². The molecule has 0 radical (unpaired) electrons. The van der Waals surface area contributed by atoms with Crippen molar-refractivity contribution in [3.8, 4) is 0 Å². The fraction of sp³-hybridized carbons (Fsp3) is 0.579. The molecule has 136 valence electrons. The Hall–Kier alpha value is -2.08. The van der Waals surface area contributed by atoms with E-state index in [2.05, 4.69) is 27.7 Å². The summed E-state index contributed by atoms with van der Waals surface area (Å²) in [6.07, 6.45) is 4.70. The number of hydrogen-bond acceptors (Lipinski definition) is 3. The number of nitrogens with zero attached hydrogens (tertiary/aromatic N) is 2. The number of urea groups is 1. The summed E-state index contributed by atoms with van der Waals surface area (Å²) in [5, 5.41) is 5.87. The maximum Gasteiger partial charge on any atom is 0.321 e. The summed E-state index contributed by atoms with van der Waals surface area (Å²) in [6, 6.07) is 8.08. The van der Waals surface area contributed by atoms with E-state index in [1.54, 1.807) is 4.90 Å². The molecule has 0 aliphatic carbocycles. The van der Waals surface area contributed by atoms with E-state index in [1.165, 1.54) is 31.7 Å². The topological polar surface area (TPSA) is 64.7 Å². The van der Waals surface area contributed by atoms with Crippen LogP contribution in [0.4, 0.5) is 10.5 Å². The van der Waals surface area contributed by atoms with E-state index in [9.17, 15) is 9.59 Å². The van der Waals surface area contributed by atoms with Crippen LogP contribution in [0.5, 0.6) is 0 Å². The van der Waals surface area contributed by atoms with Gasteiger partial charge in [-0.15, -0.1) is 0 Å². The SMILES string of the molecule is CC(=O)NC1CCN(C(=O)Nc2cccc(CN3CCCCC3)c2)C1. The molecule has 1 aromatic carbocycles. The summed E-state index contributed by atoms with van der Waals surface area (Å²) in [4.78, 5) is 27.8. The predicted octanol–water partition coefficient (Wildman–Crippen LogP) is 2.41. The minimum absolute atomic E-state index is 0.0438. The monoisotopic (exact) mass is 344 g/mol. The predicted molar refractivity (Wildman–Crippen MR) is 98.4 cm³/mol. The molecule has 1 aromatic rings. The molecule has 1 atom stereocenters. The number of rotatable bonds is 4. The van der Waals surface area contributed by atoms with Gasteiger partial charge < -0.3 is 15.5 Å². The van der Waals surface area contributed by atoms with Gasteiger partial charge in [0.2, 0.25) is 5.91 Å². The van der Waals surface area contributed by atoms with Crippen LogP contribution in [-0.2, 0) is 11.3 Å². The first-order chi connectivity index (χ1) is 12.1. The number of carbonyl (C=O) groups excluding carboxylic acids is 2. The van der Waals surface area contributed by atoms with Crippen LogP contribution in [0.1, 0.15) is 38.2 Å². The largest absolute Gasteiger partial charge is 0.352 e. The lowest BCUT2D eigenvalue weighted by Gasteiger charge is -2.26. The molecule has 3 rings (SSSR count). The van der Waals surface area contributed by atoms with E-state index in [0.717, 1.165) is 31.7 Å². The minimum atomic E-state index is -0.0945. The fourth-order valence-electron chi connectivity index (χ4n) is 3.68. The van der Waals surface area contributed by atoms with Gasteiger partial charge in [0.15, 0.2) is 0 Å². The number of likely N-dealkylation sites (tertiary alicyclic amines) is 2. The number of carbonyl (C=O) groups is 2. The van der Waals surface area contributed by atoms with Crippen molar-refractivity contribution < 1.29 is 9.59 Å². The van der Waals surface area contributed by atoms with Crippen LogP contribution in [0.25, 0.3) is 0 Å². The molecule has 2 saturated heterocycles. The molecule has 2 aliphatic heterocycles. The third-order valence-corrected chi connectivity index (χ3v) is 4.92. The Morgan fingerprint density at radius 2 is 1.96 bits per heavy atom. The van der Waals surface area contributed by atoms with Gasteiger partial charge in [-0.05, 0) is 50.0 Å². The second-order valence-electron chi connectivity index (χ2n) is 7.10. The summed E-state index contributed by atoms with van der Waals surface area (Å²) >= 11 is 0. The van der Waals surface area contributed by atoms with Gasteiger partial charge in [-0.3, -0.25) is 9.69 Å². The summed E-state index contributed by atoms with van der Waals surface area (Å²) in [5.41, 5.74) is 2.07. The normalized spacial score (nSPS) is 21.2. The van der Waals surface area contributed by atoms with Gasteiger partial charge in [0.25, 0.3) is 0 Å². The molecular weight excluding hydrogens is 316 g/mol. The van der Waals surface area contributed by atoms with Crippen LogP contribution in [0.3, 0.4) is 0 Å². The van der Waals surface area contributed by atoms with Crippen LogP contribution in [0.2, 0.25) is 0 Å². The summed E-state index contributed by atoms with van der Waals surface area (Å²) in [6.45, 7) is 6.02. The maximum absolute atomic E-state index is 12.4. The Bertz CT molecular complexity index is 613. The van der Waals surface area contributed by atoms with Gasteiger partial charge in [0.05, 0.1) is 0 Å². The van der Waals surface area contributed by atoms with Crippen LogP contribution in [-0.4, -0.2) is 54.0 Å². The highest BCUT2D eigenvalue weighted by Gasteiger charge is 2.26. The van der Waals surface area contributed by atoms with E-state index in [-0.39, 0.29) is 18.0 Å². The first-order valence-corrected chi connectivity index (χ1v) is 9.24. The van der Waals surface area contributed by atoms with Crippen molar-refractivity contribution in [3.63, 3.8) is 0 Å². The van der Waals surface area contributed by atoms with Crippen molar-refractivity contribution >= 4 is 17.6 Å². The van der Waals surface area contributed by atoms with Crippen LogP contribution >= 0.6 is 0 Å². The van der Waals surface area contributed by atoms with Crippen molar-refractivity contribution in [3.05, 3.63) is 29.8 Å². The van der Waals surface area contributed by atoms with Crippen molar-refractivity contribution in [2.24, 2.45) is 0 Å². The molecule has 6 nitrogen and oxygen atoms in total. The highest BCUT2D eigenvalue weighted by molar-refractivity contribution is 5.89. The average Bonchev–Trinajstić information content (AvgIpc) is 3.04. The first-order valence-electron chi connectivity index (χ1n) is 9.24. The van der Waals surface area contributed by atoms with Crippen LogP contribution in [0.15, 0.2) is 24.3 Å². The quantitative estimate of drug-likeness (QED) is 0.882. The Labute approximate surface area is 149 Å². The zero-order valence-corrected chi connectivity index (χ0v) is 15.0. The van der Waals surface area contributed by atoms with E-state index < -0.39 is 0 Å². The minimum Gasteiger partial charge on any atom is -0.352 e. The molecule has 2 aliphatic rings. The van der Waals surface area contributed by atoms with Gasteiger partial charge in [-0.25, -0.2) is 4.79 Å². The lowest BCUT2D eigenvalue weighted by atomic mass is 10.1. The number of piperidine rings is 1. The number of anilines is 1. The van der Waals surface area contributed by atoms with Gasteiger partial charge in [-0.2, -0.15) is 0 Å². The smallest absolute Gasteiger partial charge is 0.321 e. The Morgan fingerprint density at radius 3 is 2.72 bits per heavy atom. The Balaban J connectivity index is 1.53. The summed E-state index contributed by atoms with van der Waals surface area (Å²) in [5.74, 6) is -0.0438. The number of benzene rings is 1. The number of amides is 3. The first kappa shape index (κ1) is 17.7. The molecule has 0 aromatic heterocycles. The molecule has 3 amide bonds. The number of nitrogens with one attached hydrogen (secondary N) is 2. The molecule has 0 saturated carbocycles. The average molecular weight is 344 g/mol. The molecule has 0 bridgehead atoms. The third-order valence-electron chi connectivity index (χ3n) is 4.92. The molecule has 6 heteroatoms. The van der Waals surface area contributed by atoms with Gasteiger partial charge in [0, 0.05) is 38.3 Å². The molecule has 0 spiro atoms. The third kappa shape index (κ3) is 5.19. The maximum atomic E-state index is 12.4. The van der Waals surface area contributed by atoms with E-state index in [0.29, 0.717) is 13.1 Å². The van der Waals surface area contributed by atoms with Gasteiger partial charge in [-0.1, -0.05) is 18.6 Å². The second kappa shape index (κ2) is 8.34. The number of hydrogen-bond donors (Lipinski definition) is 2. The van der Waals surface area contributed by atoms with Crippen molar-refractivity contribution in [1.29, 1.82) is 0 Å². The lowest BCUT2D eigenvalue weighted by Crippen LogP contribution is -2.38. The highest BCUT2D eigenvalue weighted by atomic mass is 16.2. The van der Waals surface area contributed by atoms with E-state index in [1.807, 2.05) is 12.1 Å². The Kier molecular flexibility index (Phi) is 5.91. The molecular formula is C19H28N4O2. The van der Waals surface area contributed by atoms with Gasteiger partial charge >= 0.3 is 6.03 Å². The second-order valence-corrected chi connectivity index (χ2v) is 7.10. The zero-order valence-electron chi connectivity index (χ0n) is 15.0. The van der Waals surface area contributed by atoms with Crippen molar-refractivity contribution in [1.82, 2.24) is 15.1 Å². The van der Waals surface area contributed by atoms with Gasteiger partial charge in [0.1, 0.15) is 0 Å². The lowest BCUT2D eigenvalue weighted by molar-refractivity contribution is -0.119. The highest BCUT2D eigenvalue weighted by Crippen LogP contribution is 2.17. The zero-order chi connectivity index (χ0) is 17.6. The Morgan fingerprint density at radius 1 is 1.16 bits per heavy atom. The summed E-state index contributed by atoms with van der Waals surface area (Å²) in [7, 11) is 0. The molecule has 2 fully saturated rings. The van der Waals surface area contributed by atoms with E-state index >= 15 is 0 Å².